The third-order valence-corrected chi connectivity index (χ3v) is 4.74. The summed E-state index contributed by atoms with van der Waals surface area (Å²) in [6.07, 6.45) is 2.27. The first kappa shape index (κ1) is 25.0. The summed E-state index contributed by atoms with van der Waals surface area (Å²) in [4.78, 5) is 35.7. The maximum Gasteiger partial charge on any atom is 0.292 e. The van der Waals surface area contributed by atoms with Crippen molar-refractivity contribution in [3.8, 4) is 0 Å². The molecule has 0 unspecified atom stereocenters. The van der Waals surface area contributed by atoms with Gasteiger partial charge >= 0.3 is 0 Å². The predicted octanol–water partition coefficient (Wildman–Crippen LogP) is 4.23. The van der Waals surface area contributed by atoms with Gasteiger partial charge in [-0.25, -0.2) is 0 Å². The van der Waals surface area contributed by atoms with E-state index in [2.05, 4.69) is 20.7 Å². The Morgan fingerprint density at radius 3 is 2.48 bits per heavy atom. The minimum Gasteiger partial charge on any atom is -0.391 e. The zero-order chi connectivity index (χ0) is 24.2. The lowest BCUT2D eigenvalue weighted by Crippen LogP contribution is -2.22. The number of unbranched alkanes of at least 4 members (excludes halogenated alkanes) is 2. The zero-order valence-electron chi connectivity index (χ0n) is 17.6. The van der Waals surface area contributed by atoms with Crippen LogP contribution in [0.3, 0.4) is 0 Å². The van der Waals surface area contributed by atoms with Crippen molar-refractivity contribution in [2.24, 2.45) is 5.11 Å². The summed E-state index contributed by atoms with van der Waals surface area (Å²) in [5, 5.41) is 40.4. The molecule has 2 aromatic carbocycles. The number of carbonyl (C=O) groups is 1. The van der Waals surface area contributed by atoms with Crippen LogP contribution in [0, 0.1) is 20.2 Å². The van der Waals surface area contributed by atoms with Gasteiger partial charge in [0.05, 0.1) is 22.0 Å². The molecule has 0 aliphatic carbocycles. The van der Waals surface area contributed by atoms with Gasteiger partial charge in [-0.05, 0) is 36.1 Å². The molecule has 0 aliphatic heterocycles. The van der Waals surface area contributed by atoms with Gasteiger partial charge in [-0.2, -0.15) is 0 Å². The topological polar surface area (TPSA) is 196 Å². The van der Waals surface area contributed by atoms with Gasteiger partial charge in [0, 0.05) is 42.2 Å². The Labute approximate surface area is 188 Å². The smallest absolute Gasteiger partial charge is 0.292 e. The highest BCUT2D eigenvalue weighted by Gasteiger charge is 2.15. The van der Waals surface area contributed by atoms with Crippen LogP contribution in [0.5, 0.6) is 0 Å². The number of nitrogens with zero attached hydrogens (tertiary/aromatic N) is 5. The molecule has 0 aliphatic rings. The molecule has 13 nitrogen and oxygen atoms in total. The second-order valence-corrected chi connectivity index (χ2v) is 7.04. The molecule has 0 saturated heterocycles. The largest absolute Gasteiger partial charge is 0.391 e. The number of nitro benzene ring substituents is 2. The Hall–Kier alpha value is -4.22. The fourth-order valence-corrected chi connectivity index (χ4v) is 3.06. The summed E-state index contributed by atoms with van der Waals surface area (Å²) >= 11 is 0. The van der Waals surface area contributed by atoms with Crippen LogP contribution < -0.4 is 10.6 Å². The highest BCUT2D eigenvalue weighted by molar-refractivity contribution is 5.75. The van der Waals surface area contributed by atoms with Crippen LogP contribution in [0.25, 0.3) is 10.4 Å². The Morgan fingerprint density at radius 1 is 1.06 bits per heavy atom. The van der Waals surface area contributed by atoms with Crippen molar-refractivity contribution in [1.82, 2.24) is 5.32 Å². The van der Waals surface area contributed by atoms with Gasteiger partial charge in [0.15, 0.2) is 0 Å². The zero-order valence-corrected chi connectivity index (χ0v) is 17.6. The number of nitrogens with one attached hydrogen (secondary N) is 2. The van der Waals surface area contributed by atoms with Crippen molar-refractivity contribution in [3.05, 3.63) is 78.2 Å². The summed E-state index contributed by atoms with van der Waals surface area (Å²) in [5.41, 5.74) is 9.29. The Balaban J connectivity index is 1.72. The molecule has 2 rings (SSSR count). The SMILES string of the molecule is [N-]=[N+]=Nc1ccc(NCCCCCC(=O)NCc2ccc(CO)c([N+](=O)[O-])c2)c([N+](=O)[O-])c1. The molecular formula is C20H23N7O6. The molecule has 0 heterocycles. The second-order valence-electron chi connectivity index (χ2n) is 7.04. The van der Waals surface area contributed by atoms with Crippen LogP contribution >= 0.6 is 0 Å². The number of azide groups is 1. The molecule has 1 amide bonds. The number of nitro groups is 2. The summed E-state index contributed by atoms with van der Waals surface area (Å²) in [6, 6.07) is 8.55. The van der Waals surface area contributed by atoms with Crippen molar-refractivity contribution < 1.29 is 19.7 Å². The summed E-state index contributed by atoms with van der Waals surface area (Å²) in [5.74, 6) is -0.193. The number of rotatable bonds is 13. The first-order valence-electron chi connectivity index (χ1n) is 10.1. The number of aliphatic hydroxyl groups excluding tert-OH is 1. The second kappa shape index (κ2) is 12.6. The Morgan fingerprint density at radius 2 is 1.82 bits per heavy atom. The number of anilines is 1. The number of amides is 1. The van der Waals surface area contributed by atoms with Crippen LogP contribution in [0.1, 0.15) is 36.8 Å². The van der Waals surface area contributed by atoms with Crippen molar-refractivity contribution >= 4 is 28.7 Å². The molecule has 0 aromatic heterocycles. The molecule has 0 bridgehead atoms. The lowest BCUT2D eigenvalue weighted by Gasteiger charge is -2.08. The van der Waals surface area contributed by atoms with E-state index in [0.717, 1.165) is 0 Å². The van der Waals surface area contributed by atoms with Crippen LogP contribution in [0.4, 0.5) is 22.7 Å². The van der Waals surface area contributed by atoms with Gasteiger partial charge in [0.25, 0.3) is 11.4 Å². The van der Waals surface area contributed by atoms with Gasteiger partial charge < -0.3 is 15.7 Å². The minimum absolute atomic E-state index is 0.141. The summed E-state index contributed by atoms with van der Waals surface area (Å²) < 4.78 is 0. The maximum atomic E-state index is 12.0. The van der Waals surface area contributed by atoms with Gasteiger partial charge in [-0.1, -0.05) is 23.7 Å². The molecule has 3 N–H and O–H groups in total. The molecule has 0 saturated carbocycles. The molecular weight excluding hydrogens is 434 g/mol. The number of aliphatic hydroxyl groups is 1. The minimum atomic E-state index is -0.575. The molecule has 0 atom stereocenters. The fraction of sp³-hybridized carbons (Fsp3) is 0.350. The van der Waals surface area contributed by atoms with Crippen molar-refractivity contribution in [1.29, 1.82) is 0 Å². The molecule has 174 valence electrons. The molecule has 0 spiro atoms. The molecule has 13 heteroatoms. The van der Waals surface area contributed by atoms with E-state index in [1.807, 2.05) is 0 Å². The number of benzene rings is 2. The molecule has 2 aromatic rings. The van der Waals surface area contributed by atoms with Gasteiger partial charge in [-0.3, -0.25) is 25.0 Å². The summed E-state index contributed by atoms with van der Waals surface area (Å²) in [6.45, 7) is 0.166. The highest BCUT2D eigenvalue weighted by atomic mass is 16.6. The number of hydrogen-bond donors (Lipinski definition) is 3. The number of hydrogen-bond acceptors (Lipinski definition) is 8. The van der Waals surface area contributed by atoms with Crippen molar-refractivity contribution in [2.75, 3.05) is 11.9 Å². The van der Waals surface area contributed by atoms with Crippen molar-refractivity contribution in [3.63, 3.8) is 0 Å². The van der Waals surface area contributed by atoms with E-state index in [-0.39, 0.29) is 41.5 Å². The van der Waals surface area contributed by atoms with E-state index < -0.39 is 16.5 Å². The van der Waals surface area contributed by atoms with E-state index in [0.29, 0.717) is 37.1 Å². The average Bonchev–Trinajstić information content (AvgIpc) is 2.80. The Bertz CT molecular complexity index is 1070. The van der Waals surface area contributed by atoms with E-state index in [9.17, 15) is 25.0 Å². The lowest BCUT2D eigenvalue weighted by atomic mass is 10.1. The lowest BCUT2D eigenvalue weighted by molar-refractivity contribution is -0.385. The predicted molar refractivity (Wildman–Crippen MR) is 120 cm³/mol. The monoisotopic (exact) mass is 457 g/mol. The fourth-order valence-electron chi connectivity index (χ4n) is 3.06. The van der Waals surface area contributed by atoms with Crippen LogP contribution in [0.2, 0.25) is 0 Å². The molecule has 0 radical (unpaired) electrons. The van der Waals surface area contributed by atoms with Gasteiger partial charge in [0.1, 0.15) is 5.69 Å². The third kappa shape index (κ3) is 7.76. The first-order chi connectivity index (χ1) is 15.8. The molecule has 33 heavy (non-hydrogen) atoms. The van der Waals surface area contributed by atoms with Gasteiger partial charge in [0.2, 0.25) is 5.91 Å². The van der Waals surface area contributed by atoms with E-state index >= 15 is 0 Å². The highest BCUT2D eigenvalue weighted by Crippen LogP contribution is 2.29. The van der Waals surface area contributed by atoms with Crippen LogP contribution in [-0.2, 0) is 17.9 Å². The van der Waals surface area contributed by atoms with E-state index in [1.165, 1.54) is 30.3 Å². The Kier molecular flexibility index (Phi) is 9.55. The summed E-state index contributed by atoms with van der Waals surface area (Å²) in [7, 11) is 0. The average molecular weight is 457 g/mol. The van der Waals surface area contributed by atoms with Gasteiger partial charge in [-0.15, -0.1) is 0 Å². The van der Waals surface area contributed by atoms with Crippen molar-refractivity contribution in [2.45, 2.75) is 38.8 Å². The normalized spacial score (nSPS) is 10.2. The first-order valence-corrected chi connectivity index (χ1v) is 10.1. The maximum absolute atomic E-state index is 12.0. The van der Waals surface area contributed by atoms with E-state index in [4.69, 9.17) is 10.6 Å². The van der Waals surface area contributed by atoms with E-state index in [1.54, 1.807) is 6.07 Å². The number of carbonyl (C=O) groups excluding carboxylic acids is 1. The third-order valence-electron chi connectivity index (χ3n) is 4.74. The van der Waals surface area contributed by atoms with Crippen LogP contribution in [-0.4, -0.2) is 27.4 Å². The standard InChI is InChI=1S/C20H23N7O6/c21-25-24-16-7-8-17(19(11-16)27(32)33)22-9-3-1-2-4-20(29)23-12-14-5-6-15(13-28)18(10-14)26(30)31/h5-8,10-11,22,28H,1-4,9,12-13H2,(H,23,29). The molecule has 0 fully saturated rings. The quantitative estimate of drug-likeness (QED) is 0.0998. The van der Waals surface area contributed by atoms with Crippen LogP contribution in [0.15, 0.2) is 41.5 Å².